The second-order valence-electron chi connectivity index (χ2n) is 7.57. The maximum atomic E-state index is 13.3. The quantitative estimate of drug-likeness (QED) is 0.605. The zero-order valence-electron chi connectivity index (χ0n) is 16.8. The number of aromatic nitrogens is 1. The van der Waals surface area contributed by atoms with Crippen LogP contribution in [0.2, 0.25) is 0 Å². The van der Waals surface area contributed by atoms with Gasteiger partial charge in [-0.25, -0.2) is 9.37 Å². The van der Waals surface area contributed by atoms with Gasteiger partial charge in [-0.2, -0.15) is 0 Å². The number of para-hydroxylation sites is 1. The van der Waals surface area contributed by atoms with Crippen LogP contribution in [0.5, 0.6) is 0 Å². The van der Waals surface area contributed by atoms with Gasteiger partial charge in [-0.3, -0.25) is 4.79 Å². The van der Waals surface area contributed by atoms with Crippen LogP contribution in [0, 0.1) is 11.7 Å². The minimum Gasteiger partial charge on any atom is -0.339 e. The van der Waals surface area contributed by atoms with Crippen LogP contribution in [0.25, 0.3) is 22.2 Å². The lowest BCUT2D eigenvalue weighted by molar-refractivity contribution is 0.0683. The normalized spacial score (nSPS) is 15.2. The van der Waals surface area contributed by atoms with E-state index >= 15 is 0 Å². The van der Waals surface area contributed by atoms with E-state index in [9.17, 15) is 9.18 Å². The second-order valence-corrected chi connectivity index (χ2v) is 7.57. The smallest absolute Gasteiger partial charge is 0.254 e. The van der Waals surface area contributed by atoms with Gasteiger partial charge in [-0.15, -0.1) is 24.8 Å². The number of halogens is 3. The number of hydrogen-bond donors (Lipinski definition) is 1. The lowest BCUT2D eigenvalue weighted by atomic mass is 9.90. The van der Waals surface area contributed by atoms with Crippen LogP contribution < -0.4 is 5.73 Å². The Bertz CT molecular complexity index is 1000. The molecule has 1 aromatic heterocycles. The number of amides is 1. The minimum atomic E-state index is -0.294. The number of carbonyl (C=O) groups is 1. The highest BCUT2D eigenvalue weighted by Gasteiger charge is 2.26. The first-order valence-corrected chi connectivity index (χ1v) is 9.73. The Morgan fingerprint density at radius 3 is 2.37 bits per heavy atom. The zero-order valence-corrected chi connectivity index (χ0v) is 18.4. The number of hydrogen-bond acceptors (Lipinski definition) is 3. The van der Waals surface area contributed by atoms with E-state index in [1.54, 1.807) is 12.1 Å². The number of nitrogens with two attached hydrogens (primary N) is 1. The topological polar surface area (TPSA) is 59.2 Å². The molecule has 30 heavy (non-hydrogen) atoms. The van der Waals surface area contributed by atoms with Crippen LogP contribution in [0.3, 0.4) is 0 Å². The molecule has 2 N–H and O–H groups in total. The number of pyridine rings is 1. The van der Waals surface area contributed by atoms with Gasteiger partial charge < -0.3 is 10.6 Å². The molecule has 1 saturated heterocycles. The Kier molecular flexibility index (Phi) is 8.18. The van der Waals surface area contributed by atoms with Crippen molar-refractivity contribution >= 4 is 41.6 Å². The van der Waals surface area contributed by atoms with E-state index in [0.29, 0.717) is 30.3 Å². The van der Waals surface area contributed by atoms with Crippen molar-refractivity contribution in [1.29, 1.82) is 0 Å². The summed E-state index contributed by atoms with van der Waals surface area (Å²) in [7, 11) is 0. The SMILES string of the molecule is CC(N)C1CCN(C(=O)c2cc(-c3ccc(F)cc3)nc3ccccc23)CC1.Cl.Cl. The average molecular weight is 450 g/mol. The Hall–Kier alpha value is -2.21. The monoisotopic (exact) mass is 449 g/mol. The molecule has 160 valence electrons. The largest absolute Gasteiger partial charge is 0.339 e. The number of carbonyl (C=O) groups excluding carboxylic acids is 1. The van der Waals surface area contributed by atoms with Gasteiger partial charge in [-0.05, 0) is 62.1 Å². The Labute approximate surface area is 188 Å². The van der Waals surface area contributed by atoms with Gasteiger partial charge in [0.2, 0.25) is 0 Å². The van der Waals surface area contributed by atoms with Gasteiger partial charge >= 0.3 is 0 Å². The molecule has 1 unspecified atom stereocenters. The maximum absolute atomic E-state index is 13.3. The van der Waals surface area contributed by atoms with Gasteiger partial charge in [0.25, 0.3) is 5.91 Å². The van der Waals surface area contributed by atoms with E-state index in [-0.39, 0.29) is 42.6 Å². The van der Waals surface area contributed by atoms with Crippen molar-refractivity contribution < 1.29 is 9.18 Å². The molecule has 0 aliphatic carbocycles. The molecular formula is C23H26Cl2FN3O. The molecule has 0 bridgehead atoms. The van der Waals surface area contributed by atoms with Crippen LogP contribution in [-0.2, 0) is 0 Å². The van der Waals surface area contributed by atoms with Crippen molar-refractivity contribution in [3.8, 4) is 11.3 Å². The molecule has 2 aromatic carbocycles. The number of likely N-dealkylation sites (tertiary alicyclic amines) is 1. The predicted octanol–water partition coefficient (Wildman–Crippen LogP) is 5.08. The molecule has 1 aliphatic rings. The summed E-state index contributed by atoms with van der Waals surface area (Å²) in [6.07, 6.45) is 1.86. The summed E-state index contributed by atoms with van der Waals surface area (Å²) in [6.45, 7) is 3.47. The van der Waals surface area contributed by atoms with Crippen molar-refractivity contribution in [3.05, 3.63) is 66.0 Å². The summed E-state index contributed by atoms with van der Waals surface area (Å²) in [5, 5.41) is 0.840. The zero-order chi connectivity index (χ0) is 19.7. The molecule has 1 atom stereocenters. The molecule has 0 saturated carbocycles. The number of fused-ring (bicyclic) bond motifs is 1. The fourth-order valence-corrected chi connectivity index (χ4v) is 3.92. The summed E-state index contributed by atoms with van der Waals surface area (Å²) in [5.74, 6) is 0.191. The molecule has 7 heteroatoms. The fraction of sp³-hybridized carbons (Fsp3) is 0.304. The van der Waals surface area contributed by atoms with Gasteiger partial charge in [0, 0.05) is 30.1 Å². The fourth-order valence-electron chi connectivity index (χ4n) is 3.92. The summed E-state index contributed by atoms with van der Waals surface area (Å²) in [4.78, 5) is 19.9. The van der Waals surface area contributed by atoms with Gasteiger partial charge in [0.15, 0.2) is 0 Å². The first-order valence-electron chi connectivity index (χ1n) is 9.73. The summed E-state index contributed by atoms with van der Waals surface area (Å²) >= 11 is 0. The van der Waals surface area contributed by atoms with Gasteiger partial charge in [-0.1, -0.05) is 18.2 Å². The van der Waals surface area contributed by atoms with Crippen LogP contribution in [0.15, 0.2) is 54.6 Å². The lowest BCUT2D eigenvalue weighted by Crippen LogP contribution is -2.42. The number of benzene rings is 2. The molecular weight excluding hydrogens is 424 g/mol. The average Bonchev–Trinajstić information content (AvgIpc) is 2.73. The predicted molar refractivity (Wildman–Crippen MR) is 124 cm³/mol. The third-order valence-electron chi connectivity index (χ3n) is 5.66. The first-order chi connectivity index (χ1) is 13.5. The molecule has 1 fully saturated rings. The molecule has 1 aliphatic heterocycles. The van der Waals surface area contributed by atoms with Crippen LogP contribution in [-0.4, -0.2) is 34.9 Å². The Morgan fingerprint density at radius 1 is 1.10 bits per heavy atom. The van der Waals surface area contributed by atoms with E-state index in [4.69, 9.17) is 5.73 Å². The van der Waals surface area contributed by atoms with Gasteiger partial charge in [0.05, 0.1) is 16.8 Å². The molecule has 1 amide bonds. The maximum Gasteiger partial charge on any atom is 0.254 e. The van der Waals surface area contributed by atoms with Crippen molar-refractivity contribution in [2.45, 2.75) is 25.8 Å². The number of piperidine rings is 1. The number of nitrogens with zero attached hydrogens (tertiary/aromatic N) is 2. The van der Waals surface area contributed by atoms with Crippen LogP contribution >= 0.6 is 24.8 Å². The van der Waals surface area contributed by atoms with E-state index < -0.39 is 0 Å². The van der Waals surface area contributed by atoms with Gasteiger partial charge in [0.1, 0.15) is 5.82 Å². The van der Waals surface area contributed by atoms with E-state index in [2.05, 4.69) is 4.98 Å². The molecule has 4 rings (SSSR count). The van der Waals surface area contributed by atoms with Crippen molar-refractivity contribution in [2.75, 3.05) is 13.1 Å². The van der Waals surface area contributed by atoms with E-state index in [0.717, 1.165) is 29.3 Å². The highest BCUT2D eigenvalue weighted by Crippen LogP contribution is 2.28. The molecule has 4 nitrogen and oxygen atoms in total. The minimum absolute atomic E-state index is 0. The molecule has 3 aromatic rings. The first kappa shape index (κ1) is 24.1. The lowest BCUT2D eigenvalue weighted by Gasteiger charge is -2.34. The Balaban J connectivity index is 0.00000160. The van der Waals surface area contributed by atoms with Crippen molar-refractivity contribution in [3.63, 3.8) is 0 Å². The highest BCUT2D eigenvalue weighted by molar-refractivity contribution is 6.07. The van der Waals surface area contributed by atoms with Crippen LogP contribution in [0.4, 0.5) is 4.39 Å². The third-order valence-corrected chi connectivity index (χ3v) is 5.66. The highest BCUT2D eigenvalue weighted by atomic mass is 35.5. The second kappa shape index (κ2) is 10.2. The van der Waals surface area contributed by atoms with E-state index in [1.807, 2.05) is 42.2 Å². The molecule has 2 heterocycles. The van der Waals surface area contributed by atoms with Crippen molar-refractivity contribution in [1.82, 2.24) is 9.88 Å². The van der Waals surface area contributed by atoms with Crippen molar-refractivity contribution in [2.24, 2.45) is 11.7 Å². The number of rotatable bonds is 3. The molecule has 0 spiro atoms. The van der Waals surface area contributed by atoms with Crippen LogP contribution in [0.1, 0.15) is 30.1 Å². The summed E-state index contributed by atoms with van der Waals surface area (Å²) < 4.78 is 13.3. The summed E-state index contributed by atoms with van der Waals surface area (Å²) in [5.41, 5.74) is 8.90. The Morgan fingerprint density at radius 2 is 1.73 bits per heavy atom. The van der Waals surface area contributed by atoms with E-state index in [1.165, 1.54) is 12.1 Å². The molecule has 0 radical (unpaired) electrons. The summed E-state index contributed by atoms with van der Waals surface area (Å²) in [6, 6.07) is 15.8. The standard InChI is InChI=1S/C23H24FN3O.2ClH/c1-15(25)16-10-12-27(13-11-16)23(28)20-14-22(17-6-8-18(24)9-7-17)26-21-5-3-2-4-19(20)21;;/h2-9,14-16H,10-13,25H2,1H3;2*1H. The third kappa shape index (κ3) is 4.91.